The average molecular weight is 334 g/mol. The SMILES string of the molecule is CCNC(=O)COc1cccc(CNC(=O)C2CCC2C(=O)O)c1. The molecule has 2 atom stereocenters. The van der Waals surface area contributed by atoms with E-state index in [2.05, 4.69) is 10.6 Å². The molecular formula is C17H22N2O5. The summed E-state index contributed by atoms with van der Waals surface area (Å²) < 4.78 is 5.39. The highest BCUT2D eigenvalue weighted by molar-refractivity contribution is 5.86. The molecule has 1 saturated carbocycles. The average Bonchev–Trinajstić information content (AvgIpc) is 2.50. The lowest BCUT2D eigenvalue weighted by atomic mass is 9.73. The second kappa shape index (κ2) is 8.33. The molecular weight excluding hydrogens is 312 g/mol. The van der Waals surface area contributed by atoms with Crippen LogP contribution >= 0.6 is 0 Å². The molecule has 130 valence electrons. The zero-order valence-electron chi connectivity index (χ0n) is 13.6. The first-order chi connectivity index (χ1) is 11.5. The number of hydrogen-bond donors (Lipinski definition) is 3. The number of carbonyl (C=O) groups is 3. The Morgan fingerprint density at radius 2 is 1.96 bits per heavy atom. The van der Waals surface area contributed by atoms with E-state index in [1.165, 1.54) is 0 Å². The van der Waals surface area contributed by atoms with E-state index < -0.39 is 17.8 Å². The van der Waals surface area contributed by atoms with Crippen LogP contribution in [-0.4, -0.2) is 36.0 Å². The lowest BCUT2D eigenvalue weighted by Crippen LogP contribution is -2.43. The number of carbonyl (C=O) groups excluding carboxylic acids is 2. The Morgan fingerprint density at radius 3 is 2.58 bits per heavy atom. The third-order valence-electron chi connectivity index (χ3n) is 4.04. The lowest BCUT2D eigenvalue weighted by molar-refractivity contribution is -0.152. The number of ether oxygens (including phenoxy) is 1. The van der Waals surface area contributed by atoms with Crippen LogP contribution in [0.25, 0.3) is 0 Å². The Bertz CT molecular complexity index is 617. The highest BCUT2D eigenvalue weighted by Crippen LogP contribution is 2.34. The highest BCUT2D eigenvalue weighted by Gasteiger charge is 2.41. The van der Waals surface area contributed by atoms with Crippen LogP contribution < -0.4 is 15.4 Å². The predicted octanol–water partition coefficient (Wildman–Crippen LogP) is 0.929. The zero-order valence-corrected chi connectivity index (χ0v) is 13.6. The minimum absolute atomic E-state index is 0.0635. The standard InChI is InChI=1S/C17H22N2O5/c1-2-18-15(20)10-24-12-5-3-4-11(8-12)9-19-16(21)13-6-7-14(13)17(22)23/h3-5,8,13-14H,2,6-7,9-10H2,1H3,(H,18,20)(H,19,21)(H,22,23). The molecule has 2 amide bonds. The van der Waals surface area contributed by atoms with Gasteiger partial charge in [-0.25, -0.2) is 0 Å². The van der Waals surface area contributed by atoms with Crippen molar-refractivity contribution in [3.63, 3.8) is 0 Å². The first-order valence-electron chi connectivity index (χ1n) is 8.00. The van der Waals surface area contributed by atoms with Gasteiger partial charge in [-0.1, -0.05) is 12.1 Å². The summed E-state index contributed by atoms with van der Waals surface area (Å²) in [5.74, 6) is -1.82. The van der Waals surface area contributed by atoms with Gasteiger partial charge in [-0.2, -0.15) is 0 Å². The summed E-state index contributed by atoms with van der Waals surface area (Å²) >= 11 is 0. The number of carboxylic acids is 1. The van der Waals surface area contributed by atoms with Gasteiger partial charge in [-0.05, 0) is 37.5 Å². The van der Waals surface area contributed by atoms with Gasteiger partial charge in [-0.3, -0.25) is 14.4 Å². The van der Waals surface area contributed by atoms with Gasteiger partial charge >= 0.3 is 5.97 Å². The fourth-order valence-electron chi connectivity index (χ4n) is 2.57. The van der Waals surface area contributed by atoms with Crippen LogP contribution in [-0.2, 0) is 20.9 Å². The molecule has 0 aromatic heterocycles. The number of carboxylic acid groups (broad SMARTS) is 1. The molecule has 0 radical (unpaired) electrons. The van der Waals surface area contributed by atoms with Crippen LogP contribution in [0.1, 0.15) is 25.3 Å². The molecule has 1 aromatic carbocycles. The molecule has 7 nitrogen and oxygen atoms in total. The van der Waals surface area contributed by atoms with Gasteiger partial charge in [0.25, 0.3) is 5.91 Å². The number of likely N-dealkylation sites (N-methyl/N-ethyl adjacent to an activating group) is 1. The summed E-state index contributed by atoms with van der Waals surface area (Å²) in [6.45, 7) is 2.61. The Hall–Kier alpha value is -2.57. The van der Waals surface area contributed by atoms with Gasteiger partial charge in [0.2, 0.25) is 5.91 Å². The molecule has 1 aliphatic rings. The normalized spacial score (nSPS) is 19.0. The van der Waals surface area contributed by atoms with E-state index in [4.69, 9.17) is 9.84 Å². The highest BCUT2D eigenvalue weighted by atomic mass is 16.5. The Kier molecular flexibility index (Phi) is 6.17. The Balaban J connectivity index is 1.82. The molecule has 0 saturated heterocycles. The Morgan fingerprint density at radius 1 is 1.21 bits per heavy atom. The summed E-state index contributed by atoms with van der Waals surface area (Å²) in [6.07, 6.45) is 1.16. The first-order valence-corrected chi connectivity index (χ1v) is 8.00. The molecule has 24 heavy (non-hydrogen) atoms. The molecule has 1 aromatic rings. The molecule has 0 heterocycles. The van der Waals surface area contributed by atoms with Crippen molar-refractivity contribution in [2.24, 2.45) is 11.8 Å². The van der Waals surface area contributed by atoms with Crippen LogP contribution in [0.2, 0.25) is 0 Å². The molecule has 7 heteroatoms. The monoisotopic (exact) mass is 334 g/mol. The summed E-state index contributed by atoms with van der Waals surface area (Å²) in [4.78, 5) is 34.4. The maximum Gasteiger partial charge on any atom is 0.307 e. The molecule has 0 spiro atoms. The zero-order chi connectivity index (χ0) is 17.5. The fraction of sp³-hybridized carbons (Fsp3) is 0.471. The van der Waals surface area contributed by atoms with Crippen molar-refractivity contribution in [3.05, 3.63) is 29.8 Å². The van der Waals surface area contributed by atoms with E-state index in [9.17, 15) is 14.4 Å². The number of rotatable bonds is 8. The van der Waals surface area contributed by atoms with Crippen molar-refractivity contribution in [2.75, 3.05) is 13.2 Å². The number of amides is 2. The van der Waals surface area contributed by atoms with Gasteiger partial charge in [0.05, 0.1) is 11.8 Å². The van der Waals surface area contributed by atoms with Crippen molar-refractivity contribution < 1.29 is 24.2 Å². The van der Waals surface area contributed by atoms with Crippen LogP contribution in [0, 0.1) is 11.8 Å². The topological polar surface area (TPSA) is 105 Å². The largest absolute Gasteiger partial charge is 0.484 e. The second-order valence-corrected chi connectivity index (χ2v) is 5.74. The number of hydrogen-bond acceptors (Lipinski definition) is 4. The van der Waals surface area contributed by atoms with E-state index in [-0.39, 0.29) is 18.4 Å². The van der Waals surface area contributed by atoms with Crippen molar-refractivity contribution in [2.45, 2.75) is 26.3 Å². The molecule has 3 N–H and O–H groups in total. The maximum atomic E-state index is 12.0. The van der Waals surface area contributed by atoms with Gasteiger partial charge in [-0.15, -0.1) is 0 Å². The minimum Gasteiger partial charge on any atom is -0.484 e. The van der Waals surface area contributed by atoms with Gasteiger partial charge in [0.1, 0.15) is 5.75 Å². The van der Waals surface area contributed by atoms with Crippen LogP contribution in [0.3, 0.4) is 0 Å². The van der Waals surface area contributed by atoms with Crippen molar-refractivity contribution in [1.29, 1.82) is 0 Å². The van der Waals surface area contributed by atoms with Crippen LogP contribution in [0.5, 0.6) is 5.75 Å². The number of aliphatic carboxylic acids is 1. The van der Waals surface area contributed by atoms with E-state index in [0.717, 1.165) is 5.56 Å². The van der Waals surface area contributed by atoms with E-state index in [0.29, 0.717) is 31.7 Å². The summed E-state index contributed by atoms with van der Waals surface area (Å²) in [6, 6.07) is 7.08. The summed E-state index contributed by atoms with van der Waals surface area (Å²) in [5, 5.41) is 14.4. The third kappa shape index (κ3) is 4.71. The molecule has 1 aliphatic carbocycles. The van der Waals surface area contributed by atoms with Crippen molar-refractivity contribution in [3.8, 4) is 5.75 Å². The quantitative estimate of drug-likeness (QED) is 0.656. The van der Waals surface area contributed by atoms with Gasteiger partial charge in [0, 0.05) is 13.1 Å². The fourth-order valence-corrected chi connectivity index (χ4v) is 2.57. The predicted molar refractivity (Wildman–Crippen MR) is 86.3 cm³/mol. The minimum atomic E-state index is -0.915. The number of nitrogens with one attached hydrogen (secondary N) is 2. The van der Waals surface area contributed by atoms with E-state index >= 15 is 0 Å². The van der Waals surface area contributed by atoms with Crippen molar-refractivity contribution >= 4 is 17.8 Å². The van der Waals surface area contributed by atoms with Crippen LogP contribution in [0.15, 0.2) is 24.3 Å². The molecule has 0 aliphatic heterocycles. The second-order valence-electron chi connectivity index (χ2n) is 5.74. The van der Waals surface area contributed by atoms with Gasteiger partial charge in [0.15, 0.2) is 6.61 Å². The lowest BCUT2D eigenvalue weighted by Gasteiger charge is -2.31. The molecule has 2 rings (SSSR count). The van der Waals surface area contributed by atoms with Gasteiger partial charge < -0.3 is 20.5 Å². The first kappa shape index (κ1) is 17.8. The Labute approximate surface area is 140 Å². The van der Waals surface area contributed by atoms with Crippen LogP contribution in [0.4, 0.5) is 0 Å². The van der Waals surface area contributed by atoms with E-state index in [1.54, 1.807) is 18.2 Å². The summed E-state index contributed by atoms with van der Waals surface area (Å²) in [5.41, 5.74) is 0.822. The van der Waals surface area contributed by atoms with E-state index in [1.807, 2.05) is 13.0 Å². The third-order valence-corrected chi connectivity index (χ3v) is 4.04. The maximum absolute atomic E-state index is 12.0. The number of benzene rings is 1. The molecule has 2 unspecified atom stereocenters. The smallest absolute Gasteiger partial charge is 0.307 e. The summed E-state index contributed by atoms with van der Waals surface area (Å²) in [7, 11) is 0. The molecule has 0 bridgehead atoms. The molecule has 1 fully saturated rings. The van der Waals surface area contributed by atoms with Crippen molar-refractivity contribution in [1.82, 2.24) is 10.6 Å².